The molecule has 2 aliphatic rings. The van der Waals surface area contributed by atoms with E-state index >= 15 is 0 Å². The van der Waals surface area contributed by atoms with Gasteiger partial charge in [0.05, 0.1) is 46.9 Å². The number of piperidine rings is 1. The number of aryl methyl sites for hydroxylation is 1. The fourth-order valence-electron chi connectivity index (χ4n) is 4.37. The first-order valence-corrected chi connectivity index (χ1v) is 10.3. The Bertz CT molecular complexity index is 882. The third-order valence-electron chi connectivity index (χ3n) is 6.20. The van der Waals surface area contributed by atoms with E-state index < -0.39 is 0 Å². The molecule has 3 N–H and O–H groups in total. The molecule has 2 aliphatic heterocycles. The number of hydrogen-bond donors (Lipinski definition) is 2. The Labute approximate surface area is 175 Å². The molecule has 150 valence electrons. The fraction of sp³-hybridized carbons (Fsp3) is 0.476. The van der Waals surface area contributed by atoms with Gasteiger partial charge in [0, 0.05) is 30.1 Å². The van der Waals surface area contributed by atoms with E-state index in [-0.39, 0.29) is 18.1 Å². The SMILES string of the molecule is Cc1cc(N2CCC3(CC2)COC[C@H]3N)c(CO)nc1-c1cccc(Cl)c1Cl. The molecule has 2 aromatic rings. The predicted octanol–water partition coefficient (Wildman–Crippen LogP) is 3.80. The highest BCUT2D eigenvalue weighted by atomic mass is 35.5. The van der Waals surface area contributed by atoms with Gasteiger partial charge in [0.2, 0.25) is 0 Å². The van der Waals surface area contributed by atoms with Crippen LogP contribution in [-0.4, -0.2) is 42.4 Å². The highest BCUT2D eigenvalue weighted by molar-refractivity contribution is 6.43. The standard InChI is InChI=1S/C21H25Cl2N3O2/c1-13-9-17(26-7-5-21(6-8-26)12-28-11-18(21)24)16(10-27)25-20(13)14-3-2-4-15(22)19(14)23/h2-4,9,18,27H,5-8,10-12,24H2,1H3/t18-/m1/s1. The normalized spacial score (nSPS) is 21.5. The molecule has 1 spiro atoms. The van der Waals surface area contributed by atoms with E-state index in [0.29, 0.717) is 22.3 Å². The molecule has 0 bridgehead atoms. The second-order valence-corrected chi connectivity index (χ2v) is 8.64. The van der Waals surface area contributed by atoms with Gasteiger partial charge in [0.1, 0.15) is 0 Å². The Hall–Kier alpha value is -1.37. The Morgan fingerprint density at radius 1 is 1.32 bits per heavy atom. The number of benzene rings is 1. The summed E-state index contributed by atoms with van der Waals surface area (Å²) in [5.74, 6) is 0. The van der Waals surface area contributed by atoms with Crippen molar-refractivity contribution < 1.29 is 9.84 Å². The van der Waals surface area contributed by atoms with E-state index in [9.17, 15) is 5.11 Å². The lowest BCUT2D eigenvalue weighted by Gasteiger charge is -2.42. The highest BCUT2D eigenvalue weighted by Crippen LogP contribution is 2.41. The van der Waals surface area contributed by atoms with Crippen molar-refractivity contribution >= 4 is 28.9 Å². The quantitative estimate of drug-likeness (QED) is 0.788. The summed E-state index contributed by atoms with van der Waals surface area (Å²) in [7, 11) is 0. The number of aromatic nitrogens is 1. The maximum atomic E-state index is 9.99. The van der Waals surface area contributed by atoms with Crippen molar-refractivity contribution in [3.8, 4) is 11.3 Å². The van der Waals surface area contributed by atoms with Crippen LogP contribution in [0.1, 0.15) is 24.1 Å². The Balaban J connectivity index is 1.64. The number of halogens is 2. The van der Waals surface area contributed by atoms with Crippen LogP contribution in [0.25, 0.3) is 11.3 Å². The number of rotatable bonds is 3. The molecule has 0 amide bonds. The lowest BCUT2D eigenvalue weighted by atomic mass is 9.75. The Morgan fingerprint density at radius 3 is 2.71 bits per heavy atom. The first-order valence-electron chi connectivity index (χ1n) is 9.59. The lowest BCUT2D eigenvalue weighted by molar-refractivity contribution is 0.131. The third-order valence-corrected chi connectivity index (χ3v) is 7.02. The average molecular weight is 422 g/mol. The molecular weight excluding hydrogens is 397 g/mol. The van der Waals surface area contributed by atoms with E-state index in [4.69, 9.17) is 38.7 Å². The molecule has 3 heterocycles. The monoisotopic (exact) mass is 421 g/mol. The maximum absolute atomic E-state index is 9.99. The summed E-state index contributed by atoms with van der Waals surface area (Å²) < 4.78 is 5.62. The summed E-state index contributed by atoms with van der Waals surface area (Å²) in [5.41, 5.74) is 10.5. The van der Waals surface area contributed by atoms with Crippen LogP contribution < -0.4 is 10.6 Å². The van der Waals surface area contributed by atoms with Gasteiger partial charge in [-0.25, -0.2) is 4.98 Å². The molecule has 0 saturated carbocycles. The topological polar surface area (TPSA) is 71.6 Å². The largest absolute Gasteiger partial charge is 0.390 e. The van der Waals surface area contributed by atoms with Crippen molar-refractivity contribution in [2.24, 2.45) is 11.1 Å². The van der Waals surface area contributed by atoms with Crippen LogP contribution in [0, 0.1) is 12.3 Å². The summed E-state index contributed by atoms with van der Waals surface area (Å²) in [6, 6.07) is 7.71. The van der Waals surface area contributed by atoms with Crippen LogP contribution in [0.4, 0.5) is 5.69 Å². The molecule has 0 radical (unpaired) electrons. The number of aliphatic hydroxyl groups is 1. The smallest absolute Gasteiger partial charge is 0.0898 e. The van der Waals surface area contributed by atoms with Crippen molar-refractivity contribution in [2.45, 2.75) is 32.4 Å². The van der Waals surface area contributed by atoms with E-state index in [2.05, 4.69) is 11.0 Å². The minimum absolute atomic E-state index is 0.0899. The van der Waals surface area contributed by atoms with Crippen molar-refractivity contribution in [3.63, 3.8) is 0 Å². The van der Waals surface area contributed by atoms with Gasteiger partial charge in [-0.15, -0.1) is 0 Å². The Morgan fingerprint density at radius 2 is 2.07 bits per heavy atom. The second-order valence-electron chi connectivity index (χ2n) is 7.85. The predicted molar refractivity (Wildman–Crippen MR) is 113 cm³/mol. The molecule has 1 aromatic carbocycles. The molecule has 1 aromatic heterocycles. The Kier molecular flexibility index (Phi) is 5.55. The maximum Gasteiger partial charge on any atom is 0.0898 e. The van der Waals surface area contributed by atoms with Crippen molar-refractivity contribution in [2.75, 3.05) is 31.2 Å². The molecule has 1 atom stereocenters. The number of anilines is 1. The minimum Gasteiger partial charge on any atom is -0.390 e. The number of hydrogen-bond acceptors (Lipinski definition) is 5. The molecule has 5 nitrogen and oxygen atoms in total. The zero-order chi connectivity index (χ0) is 19.9. The van der Waals surface area contributed by atoms with Gasteiger partial charge in [-0.3, -0.25) is 0 Å². The van der Waals surface area contributed by atoms with Crippen LogP contribution in [0.3, 0.4) is 0 Å². The fourth-order valence-corrected chi connectivity index (χ4v) is 4.76. The lowest BCUT2D eigenvalue weighted by Crippen LogP contribution is -2.49. The van der Waals surface area contributed by atoms with E-state index in [0.717, 1.165) is 55.0 Å². The molecule has 2 fully saturated rings. The number of pyridine rings is 1. The van der Waals surface area contributed by atoms with Crippen LogP contribution in [0.15, 0.2) is 24.3 Å². The molecule has 2 saturated heterocycles. The minimum atomic E-state index is -0.134. The van der Waals surface area contributed by atoms with Gasteiger partial charge >= 0.3 is 0 Å². The van der Waals surface area contributed by atoms with Crippen LogP contribution in [0.2, 0.25) is 10.0 Å². The molecule has 0 aliphatic carbocycles. The van der Waals surface area contributed by atoms with Gasteiger partial charge in [-0.05, 0) is 37.5 Å². The third kappa shape index (κ3) is 3.40. The number of aliphatic hydroxyl groups excluding tert-OH is 1. The highest BCUT2D eigenvalue weighted by Gasteiger charge is 2.44. The van der Waals surface area contributed by atoms with Crippen LogP contribution >= 0.6 is 23.2 Å². The van der Waals surface area contributed by atoms with Gasteiger partial charge < -0.3 is 20.5 Å². The summed E-state index contributed by atoms with van der Waals surface area (Å²) in [5, 5.41) is 11.0. The molecule has 0 unspecified atom stereocenters. The van der Waals surface area contributed by atoms with Gasteiger partial charge in [-0.2, -0.15) is 0 Å². The number of ether oxygens (including phenoxy) is 1. The van der Waals surface area contributed by atoms with Gasteiger partial charge in [0.25, 0.3) is 0 Å². The first-order chi connectivity index (χ1) is 13.4. The average Bonchev–Trinajstić information content (AvgIpc) is 3.04. The van der Waals surface area contributed by atoms with Gasteiger partial charge in [0.15, 0.2) is 0 Å². The molecule has 4 rings (SSSR count). The van der Waals surface area contributed by atoms with E-state index in [1.54, 1.807) is 6.07 Å². The second kappa shape index (κ2) is 7.81. The van der Waals surface area contributed by atoms with Crippen molar-refractivity contribution in [3.05, 3.63) is 45.6 Å². The first kappa shape index (κ1) is 19.9. The zero-order valence-electron chi connectivity index (χ0n) is 15.9. The van der Waals surface area contributed by atoms with E-state index in [1.165, 1.54) is 0 Å². The van der Waals surface area contributed by atoms with Crippen molar-refractivity contribution in [1.29, 1.82) is 0 Å². The zero-order valence-corrected chi connectivity index (χ0v) is 17.4. The van der Waals surface area contributed by atoms with Crippen LogP contribution in [0.5, 0.6) is 0 Å². The van der Waals surface area contributed by atoms with Crippen LogP contribution in [-0.2, 0) is 11.3 Å². The van der Waals surface area contributed by atoms with Gasteiger partial charge in [-0.1, -0.05) is 35.3 Å². The van der Waals surface area contributed by atoms with E-state index in [1.807, 2.05) is 19.1 Å². The molecule has 28 heavy (non-hydrogen) atoms. The summed E-state index contributed by atoms with van der Waals surface area (Å²) in [4.78, 5) is 7.05. The van der Waals surface area contributed by atoms with Crippen molar-refractivity contribution in [1.82, 2.24) is 4.98 Å². The summed E-state index contributed by atoms with van der Waals surface area (Å²) in [6.07, 6.45) is 1.97. The molecule has 7 heteroatoms. The summed E-state index contributed by atoms with van der Waals surface area (Å²) >= 11 is 12.6. The number of nitrogens with two attached hydrogens (primary N) is 1. The number of nitrogens with zero attached hydrogens (tertiary/aromatic N) is 2. The summed E-state index contributed by atoms with van der Waals surface area (Å²) in [6.45, 7) is 5.03. The molecular formula is C21H25Cl2N3O2.